The van der Waals surface area contributed by atoms with Crippen molar-refractivity contribution in [3.05, 3.63) is 83.2 Å². The molecule has 5 rings (SSSR count). The molecule has 0 saturated heterocycles. The number of carbonyl (C=O) groups is 1. The van der Waals surface area contributed by atoms with E-state index in [1.165, 1.54) is 12.1 Å². The molecule has 1 aromatic carbocycles. The third kappa shape index (κ3) is 3.06. The Labute approximate surface area is 171 Å². The maximum Gasteiger partial charge on any atom is 0.257 e. The lowest BCUT2D eigenvalue weighted by Gasteiger charge is -2.26. The van der Waals surface area contributed by atoms with Gasteiger partial charge in [0, 0.05) is 30.3 Å². The molecular formula is C22H18FN5O2. The number of hydrogen-bond acceptors (Lipinski definition) is 5. The topological polar surface area (TPSA) is 77.0 Å². The fraction of sp³-hybridized carbons (Fsp3) is 0.182. The van der Waals surface area contributed by atoms with E-state index < -0.39 is 0 Å². The van der Waals surface area contributed by atoms with Crippen LogP contribution in [0.2, 0.25) is 0 Å². The summed E-state index contributed by atoms with van der Waals surface area (Å²) < 4.78 is 20.5. The molecule has 30 heavy (non-hydrogen) atoms. The number of benzene rings is 1. The van der Waals surface area contributed by atoms with Gasteiger partial charge in [-0.2, -0.15) is 5.10 Å². The Morgan fingerprint density at radius 1 is 1.17 bits per heavy atom. The lowest BCUT2D eigenvalue weighted by Crippen LogP contribution is -2.36. The Balaban J connectivity index is 1.43. The van der Waals surface area contributed by atoms with Crippen LogP contribution in [0.3, 0.4) is 0 Å². The lowest BCUT2D eigenvalue weighted by molar-refractivity contribution is 0.0734. The van der Waals surface area contributed by atoms with Gasteiger partial charge in [-0.15, -0.1) is 0 Å². The Hall–Kier alpha value is -3.81. The smallest absolute Gasteiger partial charge is 0.257 e. The van der Waals surface area contributed by atoms with Gasteiger partial charge in [0.05, 0.1) is 29.7 Å². The molecule has 1 amide bonds. The summed E-state index contributed by atoms with van der Waals surface area (Å²) in [7, 11) is 0. The van der Waals surface area contributed by atoms with Gasteiger partial charge in [0.15, 0.2) is 11.6 Å². The summed E-state index contributed by atoms with van der Waals surface area (Å²) in [5, 5.41) is 8.50. The zero-order chi connectivity index (χ0) is 20.7. The first-order valence-corrected chi connectivity index (χ1v) is 9.60. The largest absolute Gasteiger partial charge is 0.356 e. The first-order chi connectivity index (χ1) is 14.6. The van der Waals surface area contributed by atoms with Gasteiger partial charge < -0.3 is 9.42 Å². The molecule has 0 spiro atoms. The number of halogens is 1. The Kier molecular flexibility index (Phi) is 4.39. The quantitative estimate of drug-likeness (QED) is 0.523. The summed E-state index contributed by atoms with van der Waals surface area (Å²) >= 11 is 0. The molecule has 0 fully saturated rings. The van der Waals surface area contributed by atoms with Gasteiger partial charge in [0.2, 0.25) is 0 Å². The van der Waals surface area contributed by atoms with Gasteiger partial charge in [0.1, 0.15) is 5.82 Å². The minimum absolute atomic E-state index is 0.105. The summed E-state index contributed by atoms with van der Waals surface area (Å²) in [6, 6.07) is 11.6. The fourth-order valence-corrected chi connectivity index (χ4v) is 3.71. The second-order valence-corrected chi connectivity index (χ2v) is 7.16. The van der Waals surface area contributed by atoms with E-state index >= 15 is 0 Å². The van der Waals surface area contributed by atoms with Gasteiger partial charge in [-0.05, 0) is 43.3 Å². The molecule has 150 valence electrons. The maximum absolute atomic E-state index is 13.3. The van der Waals surface area contributed by atoms with Crippen LogP contribution in [0, 0.1) is 12.7 Å². The number of rotatable bonds is 3. The molecule has 0 N–H and O–H groups in total. The summed E-state index contributed by atoms with van der Waals surface area (Å²) in [4.78, 5) is 19.3. The van der Waals surface area contributed by atoms with Crippen molar-refractivity contribution in [2.45, 2.75) is 19.9 Å². The third-order valence-electron chi connectivity index (χ3n) is 5.34. The third-order valence-corrected chi connectivity index (χ3v) is 5.34. The average Bonchev–Trinajstić information content (AvgIpc) is 3.37. The van der Waals surface area contributed by atoms with E-state index in [1.54, 1.807) is 34.1 Å². The minimum Gasteiger partial charge on any atom is -0.356 e. The number of hydrogen-bond donors (Lipinski definition) is 0. The normalized spacial score (nSPS) is 13.3. The molecule has 0 atom stereocenters. The second kappa shape index (κ2) is 7.22. The number of pyridine rings is 1. The van der Waals surface area contributed by atoms with Crippen molar-refractivity contribution >= 4 is 5.91 Å². The van der Waals surface area contributed by atoms with Crippen molar-refractivity contribution in [3.8, 4) is 17.1 Å². The highest BCUT2D eigenvalue weighted by Gasteiger charge is 2.29. The monoisotopic (exact) mass is 403 g/mol. The van der Waals surface area contributed by atoms with Crippen LogP contribution in [0.4, 0.5) is 4.39 Å². The van der Waals surface area contributed by atoms with Crippen LogP contribution in [0.5, 0.6) is 0 Å². The van der Waals surface area contributed by atoms with Crippen LogP contribution in [-0.4, -0.2) is 37.3 Å². The molecule has 0 radical (unpaired) electrons. The molecule has 4 heterocycles. The molecule has 0 unspecified atom stereocenters. The summed E-state index contributed by atoms with van der Waals surface area (Å²) in [6.45, 7) is 2.77. The predicted molar refractivity (Wildman–Crippen MR) is 106 cm³/mol. The second-order valence-electron chi connectivity index (χ2n) is 7.16. The van der Waals surface area contributed by atoms with Crippen molar-refractivity contribution in [1.82, 2.24) is 24.8 Å². The molecule has 4 aromatic rings. The summed E-state index contributed by atoms with van der Waals surface area (Å²) in [5.74, 6) is 0.812. The van der Waals surface area contributed by atoms with E-state index in [1.807, 2.05) is 25.1 Å². The van der Waals surface area contributed by atoms with Crippen LogP contribution in [0.25, 0.3) is 17.1 Å². The predicted octanol–water partition coefficient (Wildman–Crippen LogP) is 3.57. The highest BCUT2D eigenvalue weighted by molar-refractivity contribution is 5.95. The Morgan fingerprint density at radius 3 is 2.77 bits per heavy atom. The van der Waals surface area contributed by atoms with E-state index in [2.05, 4.69) is 15.2 Å². The van der Waals surface area contributed by atoms with Crippen LogP contribution in [-0.2, 0) is 13.0 Å². The van der Waals surface area contributed by atoms with E-state index in [0.717, 1.165) is 22.5 Å². The van der Waals surface area contributed by atoms with Crippen LogP contribution in [0.1, 0.15) is 27.3 Å². The molecule has 0 bridgehead atoms. The van der Waals surface area contributed by atoms with E-state index in [-0.39, 0.29) is 11.7 Å². The highest BCUT2D eigenvalue weighted by atomic mass is 19.1. The van der Waals surface area contributed by atoms with Gasteiger partial charge in [-0.3, -0.25) is 4.79 Å². The zero-order valence-corrected chi connectivity index (χ0v) is 16.2. The van der Waals surface area contributed by atoms with Crippen molar-refractivity contribution in [1.29, 1.82) is 0 Å². The van der Waals surface area contributed by atoms with Crippen LogP contribution in [0.15, 0.2) is 59.4 Å². The lowest BCUT2D eigenvalue weighted by atomic mass is 10.0. The molecular weight excluding hydrogens is 385 g/mol. The molecule has 1 aliphatic heterocycles. The summed E-state index contributed by atoms with van der Waals surface area (Å²) in [5.41, 5.74) is 3.69. The first kappa shape index (κ1) is 18.2. The Morgan fingerprint density at radius 2 is 2.00 bits per heavy atom. The van der Waals surface area contributed by atoms with Crippen LogP contribution >= 0.6 is 0 Å². The first-order valence-electron chi connectivity index (χ1n) is 9.60. The number of amides is 1. The van der Waals surface area contributed by atoms with Gasteiger partial charge >= 0.3 is 0 Å². The van der Waals surface area contributed by atoms with Crippen molar-refractivity contribution < 1.29 is 13.7 Å². The molecule has 0 aliphatic carbocycles. The minimum atomic E-state index is -0.315. The van der Waals surface area contributed by atoms with Crippen molar-refractivity contribution in [3.63, 3.8) is 0 Å². The molecule has 8 heteroatoms. The number of fused-ring (bicyclic) bond motifs is 1. The number of aromatic nitrogens is 4. The zero-order valence-electron chi connectivity index (χ0n) is 16.2. The van der Waals surface area contributed by atoms with E-state index in [0.29, 0.717) is 36.7 Å². The molecule has 7 nitrogen and oxygen atoms in total. The van der Waals surface area contributed by atoms with Gasteiger partial charge in [-0.25, -0.2) is 14.1 Å². The van der Waals surface area contributed by atoms with Crippen molar-refractivity contribution in [2.75, 3.05) is 6.54 Å². The Bertz CT molecular complexity index is 1210. The molecule has 0 saturated carbocycles. The number of carbonyl (C=O) groups excluding carboxylic acids is 1. The number of nitrogens with zero attached hydrogens (tertiary/aromatic N) is 5. The standard InChI is InChI=1S/C22H18FN5O2/c1-14-17(12-25-28(14)20-4-2-3-10-24-20)22(29)27-11-9-19-18(13-27)21(30-26-19)15-5-7-16(23)8-6-15/h2-8,10,12H,9,11,13H2,1H3. The fourth-order valence-electron chi connectivity index (χ4n) is 3.71. The summed E-state index contributed by atoms with van der Waals surface area (Å²) in [6.07, 6.45) is 3.86. The van der Waals surface area contributed by atoms with E-state index in [4.69, 9.17) is 4.52 Å². The average molecular weight is 403 g/mol. The van der Waals surface area contributed by atoms with Gasteiger partial charge in [-0.1, -0.05) is 11.2 Å². The molecule has 3 aromatic heterocycles. The van der Waals surface area contributed by atoms with Crippen molar-refractivity contribution in [2.24, 2.45) is 0 Å². The maximum atomic E-state index is 13.3. The van der Waals surface area contributed by atoms with Gasteiger partial charge in [0.25, 0.3) is 5.91 Å². The van der Waals surface area contributed by atoms with Crippen LogP contribution < -0.4 is 0 Å². The highest BCUT2D eigenvalue weighted by Crippen LogP contribution is 2.31. The van der Waals surface area contributed by atoms with E-state index in [9.17, 15) is 9.18 Å². The SMILES string of the molecule is Cc1c(C(=O)N2CCc3noc(-c4ccc(F)cc4)c3C2)cnn1-c1ccccn1. The molecule has 1 aliphatic rings.